The van der Waals surface area contributed by atoms with Crippen molar-refractivity contribution in [3.63, 3.8) is 0 Å². The molecule has 8 nitrogen and oxygen atoms in total. The average Bonchev–Trinajstić information content (AvgIpc) is 2.85. The topological polar surface area (TPSA) is 100 Å². The second-order valence-electron chi connectivity index (χ2n) is 9.72. The van der Waals surface area contributed by atoms with Gasteiger partial charge in [0.05, 0.1) is 13.2 Å². The quantitative estimate of drug-likeness (QED) is 0.596. The number of amides is 1. The van der Waals surface area contributed by atoms with Crippen molar-refractivity contribution in [3.05, 3.63) is 53.9 Å². The minimum Gasteiger partial charge on any atom is -0.487 e. The Kier molecular flexibility index (Phi) is 9.12. The van der Waals surface area contributed by atoms with Crippen molar-refractivity contribution in [1.82, 2.24) is 14.2 Å². The SMILES string of the molecule is CC(C)CC#Cc1ccc2c(c1)O[C@H](CN(C)C(=O)c1ccncc1)[C@H](C)CN([C@H](C)CO)S2(=O)=O. The fraction of sp³-hybridized carbons (Fsp3) is 0.481. The van der Waals surface area contributed by atoms with Crippen LogP contribution < -0.4 is 4.74 Å². The van der Waals surface area contributed by atoms with E-state index in [4.69, 9.17) is 4.74 Å². The normalized spacial score (nSPS) is 20.2. The van der Waals surface area contributed by atoms with E-state index >= 15 is 0 Å². The van der Waals surface area contributed by atoms with E-state index in [0.29, 0.717) is 17.0 Å². The molecule has 9 heteroatoms. The molecule has 0 bridgehead atoms. The number of pyridine rings is 1. The second-order valence-corrected chi connectivity index (χ2v) is 11.6. The van der Waals surface area contributed by atoms with Crippen molar-refractivity contribution in [1.29, 1.82) is 0 Å². The Morgan fingerprint density at radius 3 is 2.58 bits per heavy atom. The zero-order valence-electron chi connectivity index (χ0n) is 21.5. The van der Waals surface area contributed by atoms with Crippen molar-refractivity contribution in [2.45, 2.75) is 51.2 Å². The number of carbonyl (C=O) groups is 1. The number of sulfonamides is 1. The van der Waals surface area contributed by atoms with Gasteiger partial charge in [-0.2, -0.15) is 4.31 Å². The molecule has 0 radical (unpaired) electrons. The van der Waals surface area contributed by atoms with Gasteiger partial charge in [-0.3, -0.25) is 9.78 Å². The maximum atomic E-state index is 13.6. The summed E-state index contributed by atoms with van der Waals surface area (Å²) >= 11 is 0. The molecule has 0 fully saturated rings. The van der Waals surface area contributed by atoms with Crippen LogP contribution in [0.1, 0.15) is 50.0 Å². The van der Waals surface area contributed by atoms with Gasteiger partial charge in [-0.25, -0.2) is 8.42 Å². The van der Waals surface area contributed by atoms with Crippen LogP contribution in [0.4, 0.5) is 0 Å². The number of benzene rings is 1. The van der Waals surface area contributed by atoms with E-state index in [2.05, 4.69) is 30.7 Å². The Balaban J connectivity index is 2.00. The van der Waals surface area contributed by atoms with Gasteiger partial charge >= 0.3 is 0 Å². The summed E-state index contributed by atoms with van der Waals surface area (Å²) in [6, 6.07) is 7.52. The molecular weight excluding hydrogens is 478 g/mol. The number of aliphatic hydroxyl groups excluding tert-OH is 1. The summed E-state index contributed by atoms with van der Waals surface area (Å²) in [6.07, 6.45) is 3.35. The lowest BCUT2D eigenvalue weighted by Crippen LogP contribution is -2.50. The van der Waals surface area contributed by atoms with Crippen LogP contribution in [0.2, 0.25) is 0 Å². The van der Waals surface area contributed by atoms with Crippen molar-refractivity contribution in [2.24, 2.45) is 11.8 Å². The Labute approximate surface area is 214 Å². The van der Waals surface area contributed by atoms with Crippen LogP contribution in [-0.2, 0) is 10.0 Å². The van der Waals surface area contributed by atoms with Crippen molar-refractivity contribution >= 4 is 15.9 Å². The monoisotopic (exact) mass is 513 g/mol. The lowest BCUT2D eigenvalue weighted by Gasteiger charge is -2.37. The molecule has 2 heterocycles. The Morgan fingerprint density at radius 2 is 1.94 bits per heavy atom. The van der Waals surface area contributed by atoms with Crippen LogP contribution in [0, 0.1) is 23.7 Å². The third-order valence-electron chi connectivity index (χ3n) is 6.14. The smallest absolute Gasteiger partial charge is 0.253 e. The molecule has 3 rings (SSSR count). The molecule has 36 heavy (non-hydrogen) atoms. The number of nitrogens with zero attached hydrogens (tertiary/aromatic N) is 3. The molecule has 1 aliphatic rings. The van der Waals surface area contributed by atoms with Crippen molar-refractivity contribution in [3.8, 4) is 17.6 Å². The van der Waals surface area contributed by atoms with E-state index in [0.717, 1.165) is 6.42 Å². The van der Waals surface area contributed by atoms with Crippen molar-refractivity contribution in [2.75, 3.05) is 26.7 Å². The predicted octanol–water partition coefficient (Wildman–Crippen LogP) is 3.02. The molecule has 0 unspecified atom stereocenters. The highest BCUT2D eigenvalue weighted by molar-refractivity contribution is 7.89. The summed E-state index contributed by atoms with van der Waals surface area (Å²) in [7, 11) is -2.24. The average molecular weight is 514 g/mol. The van der Waals surface area contributed by atoms with Gasteiger partial charge in [0.1, 0.15) is 16.7 Å². The standard InChI is InChI=1S/C27H35N3O5S/c1-19(2)7-6-8-22-9-10-26-24(15-22)35-25(17-29(5)27(32)23-11-13-28-14-12-23)20(3)16-30(21(4)18-31)36(26,33)34/h9-15,19-21,25,31H,7,16-18H2,1-5H3/t20-,21-,25-/m1/s1. The van der Waals surface area contributed by atoms with Gasteiger partial charge in [-0.15, -0.1) is 0 Å². The van der Waals surface area contributed by atoms with Gasteiger partial charge in [0.2, 0.25) is 10.0 Å². The van der Waals surface area contributed by atoms with Crippen molar-refractivity contribution < 1.29 is 23.1 Å². The molecule has 194 valence electrons. The second kappa shape index (κ2) is 11.9. The van der Waals surface area contributed by atoms with Crippen LogP contribution in [0.15, 0.2) is 47.6 Å². The maximum absolute atomic E-state index is 13.6. The zero-order valence-corrected chi connectivity index (χ0v) is 22.3. The van der Waals surface area contributed by atoms with Crippen LogP contribution in [-0.4, -0.2) is 72.5 Å². The van der Waals surface area contributed by atoms with E-state index in [9.17, 15) is 18.3 Å². The van der Waals surface area contributed by atoms with Gasteiger partial charge < -0.3 is 14.7 Å². The third-order valence-corrected chi connectivity index (χ3v) is 8.16. The maximum Gasteiger partial charge on any atom is 0.253 e. The van der Waals surface area contributed by atoms with Gasteiger partial charge in [0, 0.05) is 55.5 Å². The van der Waals surface area contributed by atoms with E-state index < -0.39 is 22.2 Å². The number of rotatable bonds is 6. The zero-order chi connectivity index (χ0) is 26.5. The van der Waals surface area contributed by atoms with Crippen LogP contribution in [0.5, 0.6) is 5.75 Å². The first-order valence-corrected chi connectivity index (χ1v) is 13.6. The van der Waals surface area contributed by atoms with Crippen LogP contribution in [0.25, 0.3) is 0 Å². The highest BCUT2D eigenvalue weighted by Gasteiger charge is 2.38. The summed E-state index contributed by atoms with van der Waals surface area (Å²) in [5.41, 5.74) is 1.16. The summed E-state index contributed by atoms with van der Waals surface area (Å²) in [5, 5.41) is 9.80. The number of aromatic nitrogens is 1. The van der Waals surface area contributed by atoms with E-state index in [1.807, 2.05) is 6.92 Å². The van der Waals surface area contributed by atoms with Gasteiger partial charge in [0.25, 0.3) is 5.91 Å². The Hall–Kier alpha value is -2.93. The lowest BCUT2D eigenvalue weighted by atomic mass is 10.0. The number of hydrogen-bond acceptors (Lipinski definition) is 6. The number of ether oxygens (including phenoxy) is 1. The minimum absolute atomic E-state index is 0.0252. The predicted molar refractivity (Wildman–Crippen MR) is 138 cm³/mol. The number of fused-ring (bicyclic) bond motifs is 1. The Bertz CT molecular complexity index is 1220. The molecule has 2 aromatic rings. The van der Waals surface area contributed by atoms with Gasteiger partial charge in [0.15, 0.2) is 0 Å². The van der Waals surface area contributed by atoms with Crippen LogP contribution in [0.3, 0.4) is 0 Å². The molecule has 0 saturated carbocycles. The number of carbonyl (C=O) groups excluding carboxylic acids is 1. The molecule has 1 amide bonds. The fourth-order valence-corrected chi connectivity index (χ4v) is 5.77. The molecule has 0 saturated heterocycles. The molecule has 0 spiro atoms. The Morgan fingerprint density at radius 1 is 1.25 bits per heavy atom. The highest BCUT2D eigenvalue weighted by Crippen LogP contribution is 2.34. The molecule has 0 aliphatic carbocycles. The lowest BCUT2D eigenvalue weighted by molar-refractivity contribution is 0.0563. The molecule has 1 aromatic heterocycles. The minimum atomic E-state index is -3.94. The number of likely N-dealkylation sites (N-methyl/N-ethyl adjacent to an activating group) is 1. The third kappa shape index (κ3) is 6.44. The number of aliphatic hydroxyl groups is 1. The van der Waals surface area contributed by atoms with Gasteiger partial charge in [-0.05, 0) is 43.2 Å². The molecule has 1 aromatic carbocycles. The first kappa shape index (κ1) is 27.7. The first-order valence-electron chi connectivity index (χ1n) is 12.1. The molecule has 1 aliphatic heterocycles. The number of hydrogen-bond donors (Lipinski definition) is 1. The van der Waals surface area contributed by atoms with Crippen LogP contribution >= 0.6 is 0 Å². The first-order chi connectivity index (χ1) is 17.0. The largest absolute Gasteiger partial charge is 0.487 e. The van der Waals surface area contributed by atoms with E-state index in [1.54, 1.807) is 55.5 Å². The summed E-state index contributed by atoms with van der Waals surface area (Å²) in [4.78, 5) is 18.5. The summed E-state index contributed by atoms with van der Waals surface area (Å²) in [5.74, 6) is 6.38. The highest BCUT2D eigenvalue weighted by atomic mass is 32.2. The summed E-state index contributed by atoms with van der Waals surface area (Å²) in [6.45, 7) is 7.79. The van der Waals surface area contributed by atoms with E-state index in [1.165, 1.54) is 10.4 Å². The van der Waals surface area contributed by atoms with Gasteiger partial charge in [-0.1, -0.05) is 32.6 Å². The summed E-state index contributed by atoms with van der Waals surface area (Å²) < 4.78 is 34.8. The van der Waals surface area contributed by atoms with E-state index in [-0.39, 0.29) is 42.2 Å². The molecule has 3 atom stereocenters. The fourth-order valence-electron chi connectivity index (χ4n) is 3.95. The molecular formula is C27H35N3O5S. The molecule has 1 N–H and O–H groups in total.